The van der Waals surface area contributed by atoms with Crippen LogP contribution < -0.4 is 4.90 Å². The molecule has 0 atom stereocenters. The largest absolute Gasteiger partial charge is 0.393 e. The van der Waals surface area contributed by atoms with E-state index in [0.29, 0.717) is 45.0 Å². The second kappa shape index (κ2) is 11.5. The van der Waals surface area contributed by atoms with Gasteiger partial charge in [0.15, 0.2) is 5.82 Å². The number of aromatic amines is 2. The van der Waals surface area contributed by atoms with E-state index in [2.05, 4.69) is 35.7 Å². The van der Waals surface area contributed by atoms with Crippen molar-refractivity contribution in [1.29, 1.82) is 0 Å². The summed E-state index contributed by atoms with van der Waals surface area (Å²) in [5.41, 5.74) is 1.55. The topological polar surface area (TPSA) is 182 Å². The zero-order valence-corrected chi connectivity index (χ0v) is 23.9. The van der Waals surface area contributed by atoms with E-state index in [1.54, 1.807) is 9.58 Å². The number of aromatic nitrogens is 8. The molecular weight excluding hydrogens is 585 g/mol. The number of anilines is 1. The Labute approximate surface area is 254 Å². The highest BCUT2D eigenvalue weighted by Gasteiger charge is 2.32. The molecule has 0 unspecified atom stereocenters. The number of hydrogen-bond donors (Lipinski definition) is 3. The second-order valence-corrected chi connectivity index (χ2v) is 10.9. The SMILES string of the molecule is O=C(C(=O)N1CCN(c2nnnn2-c2ccccc2)CC1)c1c[nH]c2c(-c3cc(C(=O)N4CCC(O)CC4)[nH]n3)ncc(F)c12. The third kappa shape index (κ3) is 5.18. The lowest BCUT2D eigenvalue weighted by Gasteiger charge is -2.34. The van der Waals surface area contributed by atoms with Crippen LogP contribution in [0.15, 0.2) is 48.8 Å². The van der Waals surface area contributed by atoms with E-state index in [1.165, 1.54) is 17.2 Å². The van der Waals surface area contributed by atoms with Crippen molar-refractivity contribution in [3.8, 4) is 17.1 Å². The summed E-state index contributed by atoms with van der Waals surface area (Å²) in [5.74, 6) is -2.14. The van der Waals surface area contributed by atoms with Crippen molar-refractivity contribution in [3.05, 3.63) is 65.9 Å². The fourth-order valence-electron chi connectivity index (χ4n) is 5.76. The van der Waals surface area contributed by atoms with Gasteiger partial charge in [-0.05, 0) is 41.5 Å². The van der Waals surface area contributed by atoms with E-state index in [1.807, 2.05) is 35.2 Å². The van der Waals surface area contributed by atoms with Crippen molar-refractivity contribution >= 4 is 34.4 Å². The number of piperazine rings is 1. The van der Waals surface area contributed by atoms with Crippen molar-refractivity contribution in [2.24, 2.45) is 0 Å². The van der Waals surface area contributed by atoms with Crippen LogP contribution in [0.25, 0.3) is 28.0 Å². The Balaban J connectivity index is 1.07. The number of pyridine rings is 1. The van der Waals surface area contributed by atoms with Crippen LogP contribution in [-0.4, -0.2) is 118 Å². The fourth-order valence-corrected chi connectivity index (χ4v) is 5.76. The predicted octanol–water partition coefficient (Wildman–Crippen LogP) is 1.20. The molecule has 2 fully saturated rings. The van der Waals surface area contributed by atoms with E-state index < -0.39 is 23.6 Å². The van der Waals surface area contributed by atoms with E-state index in [-0.39, 0.29) is 52.5 Å². The molecular formula is C29H28FN11O4. The van der Waals surface area contributed by atoms with Gasteiger partial charge in [-0.1, -0.05) is 23.3 Å². The first-order chi connectivity index (χ1) is 21.9. The van der Waals surface area contributed by atoms with Gasteiger partial charge in [-0.2, -0.15) is 9.78 Å². The molecule has 45 heavy (non-hydrogen) atoms. The first-order valence-electron chi connectivity index (χ1n) is 14.5. The maximum Gasteiger partial charge on any atom is 0.295 e. The first-order valence-corrected chi connectivity index (χ1v) is 14.5. The fraction of sp³-hybridized carbons (Fsp3) is 0.310. The monoisotopic (exact) mass is 613 g/mol. The zero-order chi connectivity index (χ0) is 31.1. The molecule has 0 radical (unpaired) electrons. The average Bonchev–Trinajstić information content (AvgIpc) is 3.86. The van der Waals surface area contributed by atoms with Crippen molar-refractivity contribution < 1.29 is 23.9 Å². The number of nitrogens with one attached hydrogen (secondary N) is 2. The number of fused-ring (bicyclic) bond motifs is 1. The Hall–Kier alpha value is -5.51. The van der Waals surface area contributed by atoms with Crippen LogP contribution >= 0.6 is 0 Å². The molecule has 7 rings (SSSR count). The molecule has 2 amide bonds. The smallest absolute Gasteiger partial charge is 0.295 e. The summed E-state index contributed by atoms with van der Waals surface area (Å²) < 4.78 is 16.8. The lowest BCUT2D eigenvalue weighted by Crippen LogP contribution is -2.51. The Morgan fingerprint density at radius 1 is 0.978 bits per heavy atom. The van der Waals surface area contributed by atoms with Crippen LogP contribution in [0.2, 0.25) is 0 Å². The van der Waals surface area contributed by atoms with E-state index >= 15 is 4.39 Å². The number of hydrogen-bond acceptors (Lipinski definition) is 10. The number of aliphatic hydroxyl groups is 1. The van der Waals surface area contributed by atoms with E-state index in [0.717, 1.165) is 11.9 Å². The summed E-state index contributed by atoms with van der Waals surface area (Å²) in [6.45, 7) is 2.10. The molecule has 4 aromatic heterocycles. The molecule has 16 heteroatoms. The number of H-pyrrole nitrogens is 2. The van der Waals surface area contributed by atoms with Gasteiger partial charge in [-0.25, -0.2) is 9.37 Å². The molecule has 2 saturated heterocycles. The van der Waals surface area contributed by atoms with Crippen LogP contribution in [0.4, 0.5) is 10.3 Å². The normalized spacial score (nSPS) is 16.0. The molecule has 3 N–H and O–H groups in total. The van der Waals surface area contributed by atoms with Gasteiger partial charge in [0.2, 0.25) is 5.95 Å². The van der Waals surface area contributed by atoms with Gasteiger partial charge in [0.25, 0.3) is 17.6 Å². The van der Waals surface area contributed by atoms with Crippen molar-refractivity contribution in [3.63, 3.8) is 0 Å². The summed E-state index contributed by atoms with van der Waals surface area (Å²) in [4.78, 5) is 51.7. The van der Waals surface area contributed by atoms with Gasteiger partial charge in [0, 0.05) is 45.5 Å². The zero-order valence-electron chi connectivity index (χ0n) is 23.9. The number of para-hydroxylation sites is 1. The molecule has 2 aliphatic heterocycles. The third-order valence-electron chi connectivity index (χ3n) is 8.21. The number of carbonyl (C=O) groups is 3. The number of carbonyl (C=O) groups excluding carboxylic acids is 3. The Bertz CT molecular complexity index is 1890. The number of rotatable bonds is 6. The minimum absolute atomic E-state index is 0.0834. The van der Waals surface area contributed by atoms with Gasteiger partial charge < -0.3 is 24.8 Å². The van der Waals surface area contributed by atoms with Gasteiger partial charge in [-0.15, -0.1) is 0 Å². The Kier molecular flexibility index (Phi) is 7.25. The summed E-state index contributed by atoms with van der Waals surface area (Å²) in [7, 11) is 0. The number of likely N-dealkylation sites (tertiary alicyclic amines) is 1. The van der Waals surface area contributed by atoms with Gasteiger partial charge in [0.1, 0.15) is 17.1 Å². The van der Waals surface area contributed by atoms with Crippen molar-refractivity contribution in [2.45, 2.75) is 18.9 Å². The maximum absolute atomic E-state index is 15.1. The quantitative estimate of drug-likeness (QED) is 0.186. The summed E-state index contributed by atoms with van der Waals surface area (Å²) in [5, 5.41) is 28.6. The van der Waals surface area contributed by atoms with Crippen LogP contribution in [-0.2, 0) is 4.79 Å². The highest BCUT2D eigenvalue weighted by molar-refractivity contribution is 6.45. The first kappa shape index (κ1) is 28.3. The van der Waals surface area contributed by atoms with Gasteiger partial charge in [0.05, 0.1) is 34.5 Å². The highest BCUT2D eigenvalue weighted by Crippen LogP contribution is 2.30. The predicted molar refractivity (Wildman–Crippen MR) is 157 cm³/mol. The summed E-state index contributed by atoms with van der Waals surface area (Å²) >= 11 is 0. The number of benzene rings is 1. The lowest BCUT2D eigenvalue weighted by atomic mass is 10.1. The minimum Gasteiger partial charge on any atom is -0.393 e. The number of nitrogens with zero attached hydrogens (tertiary/aromatic N) is 9. The van der Waals surface area contributed by atoms with E-state index in [9.17, 15) is 19.5 Å². The standard InChI is InChI=1S/C29H28FN11O4/c30-20-16-32-24(21-14-22(34-33-21)27(44)38-8-6-18(42)7-9-38)25-23(20)19(15-31-25)26(43)28(45)39-10-12-40(13-11-39)29-35-36-37-41(29)17-4-2-1-3-5-17/h1-5,14-16,18,31,42H,6-13H2,(H,33,34). The number of halogens is 1. The maximum atomic E-state index is 15.1. The Morgan fingerprint density at radius 2 is 1.73 bits per heavy atom. The molecule has 0 spiro atoms. The Morgan fingerprint density at radius 3 is 2.49 bits per heavy atom. The summed E-state index contributed by atoms with van der Waals surface area (Å²) in [6, 6.07) is 10.9. The number of tetrazole rings is 1. The summed E-state index contributed by atoms with van der Waals surface area (Å²) in [6.07, 6.45) is 2.82. The molecule has 6 heterocycles. The number of piperidine rings is 1. The number of Topliss-reactive ketones (excluding diaryl/α,β-unsaturated/α-hetero) is 1. The van der Waals surface area contributed by atoms with Crippen LogP contribution in [0.3, 0.4) is 0 Å². The van der Waals surface area contributed by atoms with Gasteiger partial charge in [-0.3, -0.25) is 19.5 Å². The molecule has 5 aromatic rings. The number of amides is 2. The molecule has 15 nitrogen and oxygen atoms in total. The number of aliphatic hydroxyl groups excluding tert-OH is 1. The third-order valence-corrected chi connectivity index (χ3v) is 8.21. The van der Waals surface area contributed by atoms with Crippen LogP contribution in [0.1, 0.15) is 33.7 Å². The molecule has 0 saturated carbocycles. The lowest BCUT2D eigenvalue weighted by molar-refractivity contribution is -0.126. The molecule has 230 valence electrons. The molecule has 2 aliphatic rings. The van der Waals surface area contributed by atoms with Crippen molar-refractivity contribution in [2.75, 3.05) is 44.2 Å². The minimum atomic E-state index is -0.856. The highest BCUT2D eigenvalue weighted by atomic mass is 19.1. The number of ketones is 1. The van der Waals surface area contributed by atoms with Gasteiger partial charge >= 0.3 is 0 Å². The molecule has 0 bridgehead atoms. The average molecular weight is 614 g/mol. The molecule has 0 aliphatic carbocycles. The van der Waals surface area contributed by atoms with Crippen LogP contribution in [0, 0.1) is 5.82 Å². The van der Waals surface area contributed by atoms with Crippen LogP contribution in [0.5, 0.6) is 0 Å². The van der Waals surface area contributed by atoms with Crippen molar-refractivity contribution in [1.82, 2.24) is 50.2 Å². The van der Waals surface area contributed by atoms with E-state index in [4.69, 9.17) is 0 Å². The molecule has 1 aromatic carbocycles. The second-order valence-electron chi connectivity index (χ2n) is 10.9.